The Morgan fingerprint density at radius 1 is 1.08 bits per heavy atom. The number of benzene rings is 1. The van der Waals surface area contributed by atoms with Crippen molar-refractivity contribution in [2.24, 2.45) is 0 Å². The summed E-state index contributed by atoms with van der Waals surface area (Å²) in [7, 11) is -3.63. The van der Waals surface area contributed by atoms with E-state index in [0.29, 0.717) is 17.9 Å². The van der Waals surface area contributed by atoms with Gasteiger partial charge in [-0.2, -0.15) is 4.80 Å². The molecule has 3 aromatic rings. The first-order valence-corrected chi connectivity index (χ1v) is 8.94. The van der Waals surface area contributed by atoms with Crippen LogP contribution in [0.4, 0.5) is 0 Å². The van der Waals surface area contributed by atoms with Gasteiger partial charge in [-0.1, -0.05) is 0 Å². The second-order valence-electron chi connectivity index (χ2n) is 5.14. The molecule has 0 unspecified atom stereocenters. The van der Waals surface area contributed by atoms with Crippen LogP contribution in [-0.4, -0.2) is 51.9 Å². The van der Waals surface area contributed by atoms with Gasteiger partial charge in [0.25, 0.3) is 0 Å². The molecule has 0 radical (unpaired) electrons. The van der Waals surface area contributed by atoms with E-state index in [1.165, 1.54) is 16.9 Å². The largest absolute Gasteiger partial charge is 0.395 e. The highest BCUT2D eigenvalue weighted by atomic mass is 32.2. The van der Waals surface area contributed by atoms with Gasteiger partial charge in [0.1, 0.15) is 0 Å². The lowest BCUT2D eigenvalue weighted by molar-refractivity contribution is 0.301. The minimum Gasteiger partial charge on any atom is -0.395 e. The number of tetrazole rings is 1. The maximum atomic E-state index is 12.0. The van der Waals surface area contributed by atoms with Crippen molar-refractivity contribution in [2.45, 2.75) is 11.4 Å². The monoisotopic (exact) mass is 360 g/mol. The smallest absolute Gasteiger partial charge is 0.240 e. The summed E-state index contributed by atoms with van der Waals surface area (Å²) >= 11 is 0. The number of aliphatic hydroxyl groups is 1. The van der Waals surface area contributed by atoms with Crippen LogP contribution in [0.5, 0.6) is 0 Å². The van der Waals surface area contributed by atoms with Crippen LogP contribution in [0.3, 0.4) is 0 Å². The lowest BCUT2D eigenvalue weighted by Crippen LogP contribution is -2.26. The molecule has 10 heteroatoms. The van der Waals surface area contributed by atoms with Crippen molar-refractivity contribution in [1.29, 1.82) is 0 Å². The van der Waals surface area contributed by atoms with Crippen LogP contribution in [-0.2, 0) is 16.6 Å². The van der Waals surface area contributed by atoms with Gasteiger partial charge in [-0.15, -0.1) is 10.2 Å². The van der Waals surface area contributed by atoms with Crippen LogP contribution < -0.4 is 4.72 Å². The van der Waals surface area contributed by atoms with Crippen molar-refractivity contribution in [3.63, 3.8) is 0 Å². The third-order valence-corrected chi connectivity index (χ3v) is 4.83. The quantitative estimate of drug-likeness (QED) is 0.610. The maximum Gasteiger partial charge on any atom is 0.240 e. The predicted molar refractivity (Wildman–Crippen MR) is 88.9 cm³/mol. The molecule has 9 nitrogen and oxygen atoms in total. The van der Waals surface area contributed by atoms with Gasteiger partial charge in [-0.05, 0) is 47.2 Å². The van der Waals surface area contributed by atoms with E-state index in [-0.39, 0.29) is 18.0 Å². The molecule has 0 aliphatic carbocycles. The molecule has 0 saturated heterocycles. The number of aromatic nitrogens is 5. The number of hydrogen-bond donors (Lipinski definition) is 2. The van der Waals surface area contributed by atoms with Gasteiger partial charge in [-0.3, -0.25) is 4.98 Å². The summed E-state index contributed by atoms with van der Waals surface area (Å²) in [6, 6.07) is 9.87. The third kappa shape index (κ3) is 4.24. The van der Waals surface area contributed by atoms with Crippen LogP contribution >= 0.6 is 0 Å². The summed E-state index contributed by atoms with van der Waals surface area (Å²) < 4.78 is 26.2. The first-order chi connectivity index (χ1) is 12.1. The van der Waals surface area contributed by atoms with Crippen LogP contribution in [0.15, 0.2) is 53.7 Å². The van der Waals surface area contributed by atoms with Gasteiger partial charge in [0.15, 0.2) is 0 Å². The summed E-state index contributed by atoms with van der Waals surface area (Å²) in [4.78, 5) is 5.51. The van der Waals surface area contributed by atoms with Gasteiger partial charge in [0.2, 0.25) is 15.8 Å². The molecule has 0 amide bonds. The number of rotatable bonds is 7. The summed E-state index contributed by atoms with van der Waals surface area (Å²) in [6.45, 7) is 0.170. The molecule has 2 N–H and O–H groups in total. The fraction of sp³-hybridized carbons (Fsp3) is 0.200. The minimum atomic E-state index is -3.63. The molecular weight excluding hydrogens is 344 g/mol. The number of nitrogens with one attached hydrogen (secondary N) is 1. The van der Waals surface area contributed by atoms with Crippen molar-refractivity contribution in [3.05, 3.63) is 54.4 Å². The second-order valence-corrected chi connectivity index (χ2v) is 6.91. The van der Waals surface area contributed by atoms with Crippen molar-refractivity contribution in [3.8, 4) is 11.4 Å². The molecule has 0 atom stereocenters. The van der Waals surface area contributed by atoms with E-state index < -0.39 is 10.0 Å². The average molecular weight is 360 g/mol. The van der Waals surface area contributed by atoms with Gasteiger partial charge < -0.3 is 5.11 Å². The lowest BCUT2D eigenvalue weighted by atomic mass is 10.2. The Morgan fingerprint density at radius 2 is 1.80 bits per heavy atom. The third-order valence-electron chi connectivity index (χ3n) is 3.35. The number of hydrogen-bond acceptors (Lipinski definition) is 7. The Hall–Kier alpha value is -2.69. The van der Waals surface area contributed by atoms with E-state index in [0.717, 1.165) is 5.56 Å². The molecule has 0 spiro atoms. The molecular formula is C15H16N6O3S. The Kier molecular flexibility index (Phi) is 5.12. The molecule has 2 heterocycles. The Morgan fingerprint density at radius 3 is 2.48 bits per heavy atom. The Labute approximate surface area is 144 Å². The van der Waals surface area contributed by atoms with Crippen molar-refractivity contribution in [2.75, 3.05) is 13.2 Å². The number of pyridine rings is 1. The molecule has 3 rings (SSSR count). The lowest BCUT2D eigenvalue weighted by Gasteiger charge is -2.05. The first kappa shape index (κ1) is 17.1. The molecule has 130 valence electrons. The van der Waals surface area contributed by atoms with E-state index >= 15 is 0 Å². The maximum absolute atomic E-state index is 12.0. The van der Waals surface area contributed by atoms with E-state index in [9.17, 15) is 8.42 Å². The number of aliphatic hydroxyl groups excluding tert-OH is 1. The molecule has 2 aromatic heterocycles. The van der Waals surface area contributed by atoms with Crippen molar-refractivity contribution in [1.82, 2.24) is 29.9 Å². The topological polar surface area (TPSA) is 123 Å². The van der Waals surface area contributed by atoms with Crippen molar-refractivity contribution >= 4 is 10.0 Å². The highest BCUT2D eigenvalue weighted by Crippen LogP contribution is 2.17. The zero-order chi connectivity index (χ0) is 17.7. The van der Waals surface area contributed by atoms with Gasteiger partial charge in [0, 0.05) is 24.5 Å². The summed E-state index contributed by atoms with van der Waals surface area (Å²) in [5.41, 5.74) is 1.65. The summed E-state index contributed by atoms with van der Waals surface area (Å²) in [5.74, 6) is 0.404. The zero-order valence-electron chi connectivity index (χ0n) is 13.1. The van der Waals surface area contributed by atoms with E-state index in [1.54, 1.807) is 24.5 Å². The molecule has 0 aliphatic rings. The number of sulfonamides is 1. The SMILES string of the molecule is O=S(=O)(NCCO)c1ccc(-c2nnn(Cc3ccncc3)n2)cc1. The molecule has 25 heavy (non-hydrogen) atoms. The van der Waals surface area contributed by atoms with Crippen molar-refractivity contribution < 1.29 is 13.5 Å². The first-order valence-electron chi connectivity index (χ1n) is 7.46. The Balaban J connectivity index is 1.75. The highest BCUT2D eigenvalue weighted by Gasteiger charge is 2.14. The zero-order valence-corrected chi connectivity index (χ0v) is 14.0. The van der Waals surface area contributed by atoms with Crippen LogP contribution in [0.2, 0.25) is 0 Å². The molecule has 0 saturated carbocycles. The molecule has 0 fully saturated rings. The predicted octanol–water partition coefficient (Wildman–Crippen LogP) is 0.0540. The fourth-order valence-electron chi connectivity index (χ4n) is 2.12. The van der Waals surface area contributed by atoms with Crippen LogP contribution in [0.1, 0.15) is 5.56 Å². The Bertz CT molecular complexity index is 925. The normalized spacial score (nSPS) is 11.6. The molecule has 1 aromatic carbocycles. The van der Waals surface area contributed by atoms with E-state index in [1.807, 2.05) is 12.1 Å². The standard InChI is InChI=1S/C15H16N6O3S/c22-10-9-17-25(23,24)14-3-1-13(2-4-14)15-18-20-21(19-15)11-12-5-7-16-8-6-12/h1-8,17,22H,9-11H2. The van der Waals surface area contributed by atoms with Crippen LogP contribution in [0, 0.1) is 0 Å². The van der Waals surface area contributed by atoms with E-state index in [2.05, 4.69) is 25.1 Å². The van der Waals surface area contributed by atoms with Gasteiger partial charge in [0.05, 0.1) is 18.0 Å². The minimum absolute atomic E-state index is 0.0328. The average Bonchev–Trinajstić information content (AvgIpc) is 3.09. The molecule has 0 bridgehead atoms. The second kappa shape index (κ2) is 7.47. The molecule has 0 aliphatic heterocycles. The summed E-state index contributed by atoms with van der Waals surface area (Å²) in [6.07, 6.45) is 3.38. The van der Waals surface area contributed by atoms with Crippen LogP contribution in [0.25, 0.3) is 11.4 Å². The number of nitrogens with zero attached hydrogens (tertiary/aromatic N) is 5. The van der Waals surface area contributed by atoms with Gasteiger partial charge >= 0.3 is 0 Å². The summed E-state index contributed by atoms with van der Waals surface area (Å²) in [5, 5.41) is 21.0. The van der Waals surface area contributed by atoms with Gasteiger partial charge in [-0.25, -0.2) is 13.1 Å². The van der Waals surface area contributed by atoms with E-state index in [4.69, 9.17) is 5.11 Å². The highest BCUT2D eigenvalue weighted by molar-refractivity contribution is 7.89. The fourth-order valence-corrected chi connectivity index (χ4v) is 3.14.